The Bertz CT molecular complexity index is 1490. The van der Waals surface area contributed by atoms with Crippen LogP contribution in [0.1, 0.15) is 53.8 Å². The van der Waals surface area contributed by atoms with Crippen LogP contribution in [0.3, 0.4) is 0 Å². The number of hydrogen-bond donors (Lipinski definition) is 1. The van der Waals surface area contributed by atoms with E-state index in [0.717, 1.165) is 11.1 Å². The van der Waals surface area contributed by atoms with Crippen molar-refractivity contribution in [3.63, 3.8) is 0 Å². The van der Waals surface area contributed by atoms with Crippen molar-refractivity contribution in [3.8, 4) is 11.5 Å². The van der Waals surface area contributed by atoms with Gasteiger partial charge in [-0.05, 0) is 72.0 Å². The summed E-state index contributed by atoms with van der Waals surface area (Å²) in [6.45, 7) is 6.50. The van der Waals surface area contributed by atoms with Crippen LogP contribution >= 0.6 is 0 Å². The summed E-state index contributed by atoms with van der Waals surface area (Å²) in [6, 6.07) is 23.5. The van der Waals surface area contributed by atoms with E-state index < -0.39 is 6.04 Å². The topological polar surface area (TPSA) is 81.0 Å². The van der Waals surface area contributed by atoms with Crippen LogP contribution in [0.15, 0.2) is 95.6 Å². The molecule has 0 spiro atoms. The van der Waals surface area contributed by atoms with E-state index >= 15 is 0 Å². The average Bonchev–Trinajstić information content (AvgIpc) is 3.64. The van der Waals surface area contributed by atoms with Gasteiger partial charge >= 0.3 is 0 Å². The molecule has 5 rings (SSSR count). The smallest absolute Gasteiger partial charge is 0.251 e. The van der Waals surface area contributed by atoms with Crippen molar-refractivity contribution in [3.05, 3.63) is 119 Å². The molecule has 1 aliphatic heterocycles. The average molecular weight is 537 g/mol. The highest BCUT2D eigenvalue weighted by Crippen LogP contribution is 2.33. The number of hydrogen-bond acceptors (Lipinski definition) is 5. The highest BCUT2D eigenvalue weighted by molar-refractivity contribution is 6.00. The van der Waals surface area contributed by atoms with Crippen molar-refractivity contribution in [2.24, 2.45) is 0 Å². The third-order valence-corrected chi connectivity index (χ3v) is 6.80. The summed E-state index contributed by atoms with van der Waals surface area (Å²) in [5.41, 5.74) is 4.36. The molecule has 1 aromatic heterocycles. The largest absolute Gasteiger partial charge is 0.467 e. The van der Waals surface area contributed by atoms with Gasteiger partial charge in [0.15, 0.2) is 11.5 Å². The van der Waals surface area contributed by atoms with Gasteiger partial charge in [0.25, 0.3) is 5.91 Å². The first-order valence-electron chi connectivity index (χ1n) is 13.3. The highest BCUT2D eigenvalue weighted by atomic mass is 16.7. The maximum absolute atomic E-state index is 13.9. The molecule has 1 aliphatic rings. The van der Waals surface area contributed by atoms with E-state index in [-0.39, 0.29) is 25.2 Å². The van der Waals surface area contributed by atoms with E-state index in [1.807, 2.05) is 67.6 Å². The standard InChI is InChI=1S/C33H32N2O5/c1-22(2)25-12-14-27(15-13-25)34-33(37)32(26-10-6-23(3)7-11-26)35(20-28-5-4-18-38-28)31(36)17-9-24-8-16-29-30(19-24)40-21-39-29/h4-19,22,32H,20-21H2,1-3H3,(H,34,37)/b17-9+/t32-/m1/s1. The molecule has 0 aliphatic carbocycles. The maximum Gasteiger partial charge on any atom is 0.251 e. The number of aryl methyl sites for hydroxylation is 1. The maximum atomic E-state index is 13.9. The number of rotatable bonds is 9. The van der Waals surface area contributed by atoms with Crippen LogP contribution in [-0.4, -0.2) is 23.5 Å². The summed E-state index contributed by atoms with van der Waals surface area (Å²) in [6.07, 6.45) is 4.72. The summed E-state index contributed by atoms with van der Waals surface area (Å²) in [7, 11) is 0. The van der Waals surface area contributed by atoms with Crippen LogP contribution in [-0.2, 0) is 16.1 Å². The van der Waals surface area contributed by atoms with Gasteiger partial charge in [-0.1, -0.05) is 61.9 Å². The molecule has 1 N–H and O–H groups in total. The van der Waals surface area contributed by atoms with Crippen LogP contribution in [0, 0.1) is 6.92 Å². The van der Waals surface area contributed by atoms with Crippen molar-refractivity contribution in [1.29, 1.82) is 0 Å². The van der Waals surface area contributed by atoms with Gasteiger partial charge in [0.2, 0.25) is 12.7 Å². The first kappa shape index (κ1) is 26.8. The van der Waals surface area contributed by atoms with Crippen LogP contribution in [0.2, 0.25) is 0 Å². The fourth-order valence-corrected chi connectivity index (χ4v) is 4.53. The Kier molecular flexibility index (Phi) is 8.01. The summed E-state index contributed by atoms with van der Waals surface area (Å²) in [5.74, 6) is 1.57. The SMILES string of the molecule is Cc1ccc([C@H](C(=O)Nc2ccc(C(C)C)cc2)N(Cc2ccco2)C(=O)/C=C/c2ccc3c(c2)OCO3)cc1. The van der Waals surface area contributed by atoms with Crippen LogP contribution in [0.25, 0.3) is 6.08 Å². The molecule has 0 unspecified atom stereocenters. The second kappa shape index (κ2) is 11.9. The Labute approximate surface area is 234 Å². The lowest BCUT2D eigenvalue weighted by Gasteiger charge is -2.30. The zero-order valence-electron chi connectivity index (χ0n) is 22.8. The molecule has 7 heteroatoms. The third-order valence-electron chi connectivity index (χ3n) is 6.80. The third kappa shape index (κ3) is 6.26. The summed E-state index contributed by atoms with van der Waals surface area (Å²) in [5, 5.41) is 3.02. The van der Waals surface area contributed by atoms with Gasteiger partial charge in [-0.2, -0.15) is 0 Å². The van der Waals surface area contributed by atoms with Gasteiger partial charge in [-0.15, -0.1) is 0 Å². The van der Waals surface area contributed by atoms with Crippen molar-refractivity contribution < 1.29 is 23.5 Å². The summed E-state index contributed by atoms with van der Waals surface area (Å²) >= 11 is 0. The molecule has 0 saturated heterocycles. The molecule has 0 saturated carbocycles. The van der Waals surface area contributed by atoms with Crippen molar-refractivity contribution in [2.75, 3.05) is 12.1 Å². The minimum atomic E-state index is -0.913. The Morgan fingerprint density at radius 3 is 2.35 bits per heavy atom. The zero-order valence-corrected chi connectivity index (χ0v) is 22.8. The molecule has 2 heterocycles. The van der Waals surface area contributed by atoms with Crippen molar-refractivity contribution in [1.82, 2.24) is 4.90 Å². The van der Waals surface area contributed by atoms with E-state index in [9.17, 15) is 9.59 Å². The van der Waals surface area contributed by atoms with E-state index in [2.05, 4.69) is 19.2 Å². The predicted molar refractivity (Wildman–Crippen MR) is 154 cm³/mol. The lowest BCUT2D eigenvalue weighted by Crippen LogP contribution is -2.40. The first-order chi connectivity index (χ1) is 19.4. The molecule has 40 heavy (non-hydrogen) atoms. The number of anilines is 1. The molecular formula is C33H32N2O5. The van der Waals surface area contributed by atoms with Crippen molar-refractivity contribution in [2.45, 2.75) is 39.3 Å². The molecular weight excluding hydrogens is 504 g/mol. The Morgan fingerprint density at radius 2 is 1.65 bits per heavy atom. The van der Waals surface area contributed by atoms with Crippen LogP contribution in [0.4, 0.5) is 5.69 Å². The Hall–Kier alpha value is -4.78. The second-order valence-corrected chi connectivity index (χ2v) is 10.1. The van der Waals surface area contributed by atoms with Gasteiger partial charge in [0, 0.05) is 11.8 Å². The fraction of sp³-hybridized carbons (Fsp3) is 0.212. The number of nitrogens with zero attached hydrogens (tertiary/aromatic N) is 1. The fourth-order valence-electron chi connectivity index (χ4n) is 4.53. The molecule has 0 radical (unpaired) electrons. The van der Waals surface area contributed by atoms with Crippen LogP contribution in [0.5, 0.6) is 11.5 Å². The normalized spacial score (nSPS) is 13.0. The summed E-state index contributed by atoms with van der Waals surface area (Å²) < 4.78 is 16.4. The van der Waals surface area contributed by atoms with Crippen LogP contribution < -0.4 is 14.8 Å². The number of carbonyl (C=O) groups excluding carboxylic acids is 2. The minimum absolute atomic E-state index is 0.107. The first-order valence-corrected chi connectivity index (χ1v) is 13.3. The van der Waals surface area contributed by atoms with Gasteiger partial charge in [-0.3, -0.25) is 9.59 Å². The zero-order chi connectivity index (χ0) is 28.1. The second-order valence-electron chi connectivity index (χ2n) is 10.1. The number of amides is 2. The van der Waals surface area contributed by atoms with Gasteiger partial charge in [0.1, 0.15) is 11.8 Å². The molecule has 2 amide bonds. The van der Waals surface area contributed by atoms with Gasteiger partial charge in [-0.25, -0.2) is 0 Å². The molecule has 0 fully saturated rings. The molecule has 3 aromatic carbocycles. The molecule has 0 bridgehead atoms. The van der Waals surface area contributed by atoms with Crippen molar-refractivity contribution >= 4 is 23.6 Å². The predicted octanol–water partition coefficient (Wildman–Crippen LogP) is 6.86. The molecule has 4 aromatic rings. The lowest BCUT2D eigenvalue weighted by atomic mass is 10.0. The molecule has 7 nitrogen and oxygen atoms in total. The Morgan fingerprint density at radius 1 is 0.925 bits per heavy atom. The lowest BCUT2D eigenvalue weighted by molar-refractivity contribution is -0.136. The highest BCUT2D eigenvalue weighted by Gasteiger charge is 2.31. The molecule has 204 valence electrons. The van der Waals surface area contributed by atoms with E-state index in [0.29, 0.717) is 34.4 Å². The van der Waals surface area contributed by atoms with Gasteiger partial charge in [0.05, 0.1) is 12.8 Å². The number of benzene rings is 3. The Balaban J connectivity index is 1.47. The number of nitrogens with one attached hydrogen (secondary N) is 1. The quantitative estimate of drug-likeness (QED) is 0.236. The number of ether oxygens (including phenoxy) is 2. The van der Waals surface area contributed by atoms with Gasteiger partial charge < -0.3 is 24.1 Å². The monoisotopic (exact) mass is 536 g/mol. The number of carbonyl (C=O) groups is 2. The molecule has 1 atom stereocenters. The van der Waals surface area contributed by atoms with E-state index in [1.165, 1.54) is 16.5 Å². The minimum Gasteiger partial charge on any atom is -0.467 e. The summed E-state index contributed by atoms with van der Waals surface area (Å²) in [4.78, 5) is 29.2. The number of furan rings is 1. The van der Waals surface area contributed by atoms with E-state index in [1.54, 1.807) is 30.5 Å². The van der Waals surface area contributed by atoms with E-state index in [4.69, 9.17) is 13.9 Å². The number of fused-ring (bicyclic) bond motifs is 1.